The second-order valence-electron chi connectivity index (χ2n) is 5.19. The highest BCUT2D eigenvalue weighted by Crippen LogP contribution is 2.26. The molecule has 0 rings (SSSR count). The fourth-order valence-corrected chi connectivity index (χ4v) is 4.20. The van der Waals surface area contributed by atoms with Crippen molar-refractivity contribution in [3.63, 3.8) is 0 Å². The lowest BCUT2D eigenvalue weighted by Crippen LogP contribution is -2.25. The molecule has 0 radical (unpaired) electrons. The van der Waals surface area contributed by atoms with Crippen molar-refractivity contribution in [3.8, 4) is 0 Å². The molecule has 3 atom stereocenters. The first-order valence-electron chi connectivity index (χ1n) is 6.29. The van der Waals surface area contributed by atoms with Crippen molar-refractivity contribution in [2.24, 2.45) is 11.8 Å². The van der Waals surface area contributed by atoms with Crippen molar-refractivity contribution in [2.45, 2.75) is 64.9 Å². The third kappa shape index (κ3) is 6.67. The Balaban J connectivity index is 4.27. The van der Waals surface area contributed by atoms with Gasteiger partial charge in [-0.2, -0.15) is 12.0 Å². The molecule has 0 aromatic rings. The van der Waals surface area contributed by atoms with Crippen LogP contribution in [0.1, 0.15) is 54.4 Å². The quantitative estimate of drug-likeness (QED) is 0.634. The standard InChI is InChI=1S/C12H26O3S2/c1-7-10(4)12(6)17(13,14)15-16-11(5)8-9(2)3/h9-12H,7-8H2,1-6H3. The lowest BCUT2D eigenvalue weighted by atomic mass is 10.1. The summed E-state index contributed by atoms with van der Waals surface area (Å²) in [5.74, 6) is 0.678. The Bertz CT molecular complexity index is 299. The van der Waals surface area contributed by atoms with E-state index in [1.54, 1.807) is 6.92 Å². The molecular weight excluding hydrogens is 256 g/mol. The van der Waals surface area contributed by atoms with Crippen LogP contribution in [-0.2, 0) is 13.7 Å². The number of rotatable bonds is 8. The molecule has 0 N–H and O–H groups in total. The minimum absolute atomic E-state index is 0.126. The SMILES string of the molecule is CCC(C)C(C)S(=O)(=O)OSC(C)CC(C)C. The Morgan fingerprint density at radius 3 is 2.06 bits per heavy atom. The van der Waals surface area contributed by atoms with Crippen LogP contribution in [0.3, 0.4) is 0 Å². The van der Waals surface area contributed by atoms with Gasteiger partial charge >= 0.3 is 0 Å². The van der Waals surface area contributed by atoms with Gasteiger partial charge in [0.2, 0.25) is 0 Å². The van der Waals surface area contributed by atoms with E-state index >= 15 is 0 Å². The van der Waals surface area contributed by atoms with Crippen LogP contribution < -0.4 is 0 Å². The molecular formula is C12H26O3S2. The van der Waals surface area contributed by atoms with Gasteiger partial charge < -0.3 is 0 Å². The maximum Gasteiger partial charge on any atom is 0.280 e. The summed E-state index contributed by atoms with van der Waals surface area (Å²) >= 11 is 1.08. The van der Waals surface area contributed by atoms with E-state index in [4.69, 9.17) is 3.63 Å². The van der Waals surface area contributed by atoms with E-state index in [0.29, 0.717) is 5.92 Å². The highest BCUT2D eigenvalue weighted by atomic mass is 32.3. The van der Waals surface area contributed by atoms with Gasteiger partial charge in [0.25, 0.3) is 10.1 Å². The second kappa shape index (κ2) is 7.64. The van der Waals surface area contributed by atoms with Crippen molar-refractivity contribution in [1.29, 1.82) is 0 Å². The van der Waals surface area contributed by atoms with Crippen LogP contribution in [0.5, 0.6) is 0 Å². The van der Waals surface area contributed by atoms with E-state index in [1.807, 2.05) is 20.8 Å². The fraction of sp³-hybridized carbons (Fsp3) is 1.00. The molecule has 0 spiro atoms. The number of hydrogen-bond donors (Lipinski definition) is 0. The Labute approximate surface area is 111 Å². The van der Waals surface area contributed by atoms with Crippen molar-refractivity contribution < 1.29 is 12.0 Å². The van der Waals surface area contributed by atoms with Crippen molar-refractivity contribution in [2.75, 3.05) is 0 Å². The van der Waals surface area contributed by atoms with E-state index in [1.165, 1.54) is 0 Å². The average Bonchev–Trinajstić information content (AvgIpc) is 2.23. The molecule has 0 aliphatic rings. The Hall–Kier alpha value is 0.260. The molecule has 3 nitrogen and oxygen atoms in total. The molecule has 0 heterocycles. The molecule has 0 saturated carbocycles. The number of hydrogen-bond acceptors (Lipinski definition) is 4. The highest BCUT2D eigenvalue weighted by molar-refractivity contribution is 8.05. The third-order valence-corrected chi connectivity index (χ3v) is 5.97. The van der Waals surface area contributed by atoms with Crippen LogP contribution in [0.25, 0.3) is 0 Å². The minimum Gasteiger partial charge on any atom is -0.198 e. The van der Waals surface area contributed by atoms with Crippen molar-refractivity contribution in [1.82, 2.24) is 0 Å². The summed E-state index contributed by atoms with van der Waals surface area (Å²) in [6.07, 6.45) is 1.80. The molecule has 0 bridgehead atoms. The lowest BCUT2D eigenvalue weighted by Gasteiger charge is -2.19. The first-order chi connectivity index (χ1) is 7.70. The van der Waals surface area contributed by atoms with Gasteiger partial charge in [-0.05, 0) is 25.2 Å². The maximum absolute atomic E-state index is 11.9. The zero-order valence-corrected chi connectivity index (χ0v) is 13.4. The van der Waals surface area contributed by atoms with E-state index in [0.717, 1.165) is 24.9 Å². The van der Waals surface area contributed by atoms with Gasteiger partial charge in [0.05, 0.1) is 5.25 Å². The van der Waals surface area contributed by atoms with Crippen LogP contribution in [0.2, 0.25) is 0 Å². The molecule has 104 valence electrons. The van der Waals surface area contributed by atoms with E-state index < -0.39 is 15.4 Å². The minimum atomic E-state index is -3.44. The van der Waals surface area contributed by atoms with Crippen molar-refractivity contribution >= 4 is 22.2 Å². The molecule has 0 aliphatic heterocycles. The molecule has 0 fully saturated rings. The predicted molar refractivity (Wildman–Crippen MR) is 75.4 cm³/mol. The van der Waals surface area contributed by atoms with Crippen LogP contribution >= 0.6 is 12.0 Å². The first-order valence-corrected chi connectivity index (χ1v) is 8.57. The van der Waals surface area contributed by atoms with Crippen LogP contribution in [-0.4, -0.2) is 18.9 Å². The van der Waals surface area contributed by atoms with E-state index in [-0.39, 0.29) is 11.2 Å². The van der Waals surface area contributed by atoms with Gasteiger partial charge in [0, 0.05) is 17.3 Å². The summed E-state index contributed by atoms with van der Waals surface area (Å²) in [7, 11) is -3.44. The lowest BCUT2D eigenvalue weighted by molar-refractivity contribution is 0.457. The molecule has 0 aromatic heterocycles. The van der Waals surface area contributed by atoms with Gasteiger partial charge in [-0.3, -0.25) is 0 Å². The summed E-state index contributed by atoms with van der Waals surface area (Å²) in [5, 5.41) is -0.236. The average molecular weight is 282 g/mol. The van der Waals surface area contributed by atoms with E-state index in [9.17, 15) is 8.42 Å². The molecule has 0 aromatic carbocycles. The monoisotopic (exact) mass is 282 g/mol. The van der Waals surface area contributed by atoms with Gasteiger partial charge in [-0.1, -0.05) is 41.0 Å². The molecule has 17 heavy (non-hydrogen) atoms. The van der Waals surface area contributed by atoms with Crippen LogP contribution in [0.15, 0.2) is 0 Å². The smallest absolute Gasteiger partial charge is 0.198 e. The van der Waals surface area contributed by atoms with Gasteiger partial charge in [-0.15, -0.1) is 0 Å². The van der Waals surface area contributed by atoms with E-state index in [2.05, 4.69) is 13.8 Å². The predicted octanol–water partition coefficient (Wildman–Crippen LogP) is 3.85. The Morgan fingerprint density at radius 1 is 1.12 bits per heavy atom. The van der Waals surface area contributed by atoms with Crippen LogP contribution in [0, 0.1) is 11.8 Å². The topological polar surface area (TPSA) is 43.4 Å². The summed E-state index contributed by atoms with van der Waals surface area (Å²) in [5.41, 5.74) is 0. The summed E-state index contributed by atoms with van der Waals surface area (Å²) in [4.78, 5) is 0. The third-order valence-electron chi connectivity index (χ3n) is 3.00. The molecule has 0 amide bonds. The summed E-state index contributed by atoms with van der Waals surface area (Å²) in [6.45, 7) is 11.9. The molecule has 0 aliphatic carbocycles. The largest absolute Gasteiger partial charge is 0.280 e. The molecule has 0 saturated heterocycles. The fourth-order valence-electron chi connectivity index (χ4n) is 1.50. The maximum atomic E-state index is 11.9. The van der Waals surface area contributed by atoms with Gasteiger partial charge in [0.1, 0.15) is 0 Å². The summed E-state index contributed by atoms with van der Waals surface area (Å²) < 4.78 is 28.8. The zero-order chi connectivity index (χ0) is 13.6. The second-order valence-corrected chi connectivity index (χ2v) is 8.46. The van der Waals surface area contributed by atoms with Gasteiger partial charge in [-0.25, -0.2) is 0 Å². The molecule has 3 unspecified atom stereocenters. The Morgan fingerprint density at radius 2 is 1.65 bits per heavy atom. The Kier molecular flexibility index (Phi) is 7.76. The van der Waals surface area contributed by atoms with Crippen molar-refractivity contribution in [3.05, 3.63) is 0 Å². The highest BCUT2D eigenvalue weighted by Gasteiger charge is 2.27. The first kappa shape index (κ1) is 17.3. The van der Waals surface area contributed by atoms with Gasteiger partial charge in [0.15, 0.2) is 0 Å². The van der Waals surface area contributed by atoms with Crippen LogP contribution in [0.4, 0.5) is 0 Å². The normalized spacial score (nSPS) is 18.1. The summed E-state index contributed by atoms with van der Waals surface area (Å²) in [6, 6.07) is 0. The zero-order valence-electron chi connectivity index (χ0n) is 11.8. The molecule has 5 heteroatoms.